The van der Waals surface area contributed by atoms with Gasteiger partial charge in [0.25, 0.3) is 0 Å². The van der Waals surface area contributed by atoms with E-state index in [0.29, 0.717) is 64.7 Å². The fourth-order valence-corrected chi connectivity index (χ4v) is 60.1. The Labute approximate surface area is 841 Å². The van der Waals surface area contributed by atoms with Gasteiger partial charge in [-0.05, 0) is 422 Å². The molecule has 0 saturated heterocycles. The minimum atomic E-state index is -1.90. The molecule has 137 heavy (non-hydrogen) atoms. The van der Waals surface area contributed by atoms with Crippen LogP contribution in [0.25, 0.3) is 22.3 Å². The van der Waals surface area contributed by atoms with E-state index in [0.717, 1.165) is 51.5 Å². The topological polar surface area (TPSA) is 49.9 Å². The number of allylic oxidation sites excluding steroid dienone is 16. The van der Waals surface area contributed by atoms with Crippen LogP contribution in [0.4, 0.5) is 0 Å². The number of methoxy groups -OCH3 is 4. The first-order chi connectivity index (χ1) is 62.6. The lowest BCUT2D eigenvalue weighted by Gasteiger charge is -2.57. The minimum absolute atomic E-state index is 0.0181. The molecule has 0 spiro atoms. The summed E-state index contributed by atoms with van der Waals surface area (Å²) in [4.78, 5) is 0. The normalized spacial score (nSPS) is 28.1. The highest BCUT2D eigenvalue weighted by Crippen LogP contribution is 2.69. The summed E-state index contributed by atoms with van der Waals surface area (Å²) in [5.74, 6) is 11.5. The lowest BCUT2D eigenvalue weighted by Crippen LogP contribution is -2.67. The van der Waals surface area contributed by atoms with Crippen molar-refractivity contribution in [2.24, 2.45) is 65.1 Å². The van der Waals surface area contributed by atoms with Crippen molar-refractivity contribution in [3.63, 3.8) is 0 Å². The van der Waals surface area contributed by atoms with Crippen molar-refractivity contribution < 1.29 is 18.9 Å². The van der Waals surface area contributed by atoms with Crippen LogP contribution in [0.3, 0.4) is 0 Å². The van der Waals surface area contributed by atoms with Gasteiger partial charge in [0, 0.05) is 66.0 Å². The summed E-state index contributed by atoms with van der Waals surface area (Å²) in [5, 5.41) is 0. The number of benzene rings is 5. The molecule has 16 unspecified atom stereocenters. The molecule has 16 atom stereocenters. The maximum Gasteiger partial charge on any atom is 0.127 e. The average Bonchev–Trinajstić information content (AvgIpc) is 1.54. The predicted octanol–water partition coefficient (Wildman–Crippen LogP) is 33.4. The van der Waals surface area contributed by atoms with Gasteiger partial charge in [0.15, 0.2) is 0 Å². The van der Waals surface area contributed by atoms with Gasteiger partial charge in [-0.1, -0.05) is 238 Å². The summed E-state index contributed by atoms with van der Waals surface area (Å²) >= 11 is 0. The van der Waals surface area contributed by atoms with Crippen LogP contribution in [0, 0.1) is 65.1 Å². The molecule has 12 aliphatic carbocycles. The van der Waals surface area contributed by atoms with Gasteiger partial charge >= 0.3 is 0 Å². The zero-order valence-electron chi connectivity index (χ0n) is 95.4. The van der Waals surface area contributed by atoms with E-state index in [1.165, 1.54) is 104 Å². The standard InChI is InChI=1S/C35H49NOSi.C31H49NOSi.C30H47NOSi.C29H45NOSi/c1-33(2,3)36(34(4,5)6)38(10,11)32-22-26(23-15-13-12-14-16-23)27-21-31-28(20-29(27)32)25-18-17-24(37-9)19-30(25)35(31,7)8;1-19-20(2)28(34(12,13)32(29(3,4)5)30(6,7)8)25-17-24-22-15-14-21(33-11)16-26(22)31(9,10)27(24)18-23(19)25;1-19-15-20-16-25-24(22-14-13-21(32-10)17-26(22)30(25,8)9)18-23(20)27(19)33(11,12)31(28(2,3)4)29(5,6)7;1-27(2,3)30(28(4,5)6)32(10,11)26-15-12-19-16-24-23(18-22(19)26)21-14-13-20(31-9)17-25(21)29(24,7)8/h12-21,26-27,29,32H,22H2,1-11H3;14-20,23,25,28H,1-13H3;13-14,16-20,23,27H,15H2,1-12H3;13-14,16-19,22,26H,12,15H2,1-11H3. The molecule has 0 aromatic heterocycles. The summed E-state index contributed by atoms with van der Waals surface area (Å²) in [5.41, 5.74) is 29.2. The summed E-state index contributed by atoms with van der Waals surface area (Å²) < 4.78 is 34.2. The zero-order chi connectivity index (χ0) is 102. The SMILES string of the molecule is COc1ccc2c(c1)C(C)(C)C1=CC3C(C)C(C)C([Si](C)(C)N(C(C)(C)C)C(C)(C)C)C3C=C12.COc1ccc2c(c1)C(C)(C)C1=CC3C(c4ccccc4)CC([Si](C)(C)N(C(C)(C)C)C(C)(C)C)C3C=C12.COc1ccc2c(c1)C(C)(C)C1=CC3CC(C)C([Si](C)(C)N(C(C)(C)C)C(C)(C)C)C3C=C12.COc1ccc2c(c1)C(C)(C)C1=CC3CCC([Si](C)(C)N(C(C)(C)C)C(C)(C)C)C3C=C12. The van der Waals surface area contributed by atoms with Crippen LogP contribution in [-0.4, -0.2) is 124 Å². The van der Waals surface area contributed by atoms with E-state index in [2.05, 4.69) is 465 Å². The monoisotopic (exact) mass is 1920 g/mol. The molecule has 0 aliphatic heterocycles. The maximum atomic E-state index is 5.65. The van der Waals surface area contributed by atoms with Crippen LogP contribution >= 0.6 is 0 Å². The number of ether oxygens (including phenoxy) is 4. The van der Waals surface area contributed by atoms with Crippen molar-refractivity contribution in [2.75, 3.05) is 28.4 Å². The predicted molar refractivity (Wildman–Crippen MR) is 602 cm³/mol. The molecule has 4 saturated carbocycles. The highest BCUT2D eigenvalue weighted by molar-refractivity contribution is 6.78. The summed E-state index contributed by atoms with van der Waals surface area (Å²) in [6, 6.07) is 38.2. The van der Waals surface area contributed by atoms with Crippen LogP contribution in [0.1, 0.15) is 324 Å². The molecule has 8 nitrogen and oxygen atoms in total. The van der Waals surface area contributed by atoms with E-state index in [1.54, 1.807) is 45.2 Å². The molecule has 5 aromatic rings. The molecule has 0 radical (unpaired) electrons. The second-order valence-corrected chi connectivity index (χ2v) is 74.8. The zero-order valence-corrected chi connectivity index (χ0v) is 99.4. The van der Waals surface area contributed by atoms with E-state index in [9.17, 15) is 0 Å². The van der Waals surface area contributed by atoms with Crippen molar-refractivity contribution in [3.05, 3.63) is 224 Å². The van der Waals surface area contributed by atoms with Crippen LogP contribution < -0.4 is 18.9 Å². The largest absolute Gasteiger partial charge is 0.497 e. The molecule has 5 aromatic carbocycles. The molecule has 750 valence electrons. The first-order valence-corrected chi connectivity index (χ1v) is 65.5. The maximum absolute atomic E-state index is 5.65. The van der Waals surface area contributed by atoms with E-state index in [4.69, 9.17) is 18.9 Å². The van der Waals surface area contributed by atoms with Crippen LogP contribution in [0.2, 0.25) is 74.5 Å². The molecule has 12 heteroatoms. The van der Waals surface area contributed by atoms with Crippen molar-refractivity contribution in [2.45, 2.75) is 414 Å². The summed E-state index contributed by atoms with van der Waals surface area (Å²) in [6.07, 6.45) is 26.9. The second-order valence-electron chi connectivity index (χ2n) is 56.9. The number of nitrogens with zero attached hydrogens (tertiary/aromatic N) is 4. The molecular weight excluding hydrogens is 1730 g/mol. The molecular formula is C125H190N4O4Si4. The van der Waals surface area contributed by atoms with Crippen LogP contribution in [0.5, 0.6) is 23.0 Å². The van der Waals surface area contributed by atoms with Gasteiger partial charge in [0.1, 0.15) is 55.9 Å². The molecule has 0 amide bonds. The Balaban J connectivity index is 0.000000146. The number of rotatable bonds is 13. The van der Waals surface area contributed by atoms with Crippen molar-refractivity contribution >= 4 is 55.2 Å². The molecule has 12 aliphatic rings. The van der Waals surface area contributed by atoms with Crippen molar-refractivity contribution in [1.82, 2.24) is 18.3 Å². The number of hydrogen-bond acceptors (Lipinski definition) is 8. The Morgan fingerprint density at radius 3 is 0.934 bits per heavy atom. The Morgan fingerprint density at radius 2 is 0.584 bits per heavy atom. The van der Waals surface area contributed by atoms with Crippen molar-refractivity contribution in [3.8, 4) is 23.0 Å². The lowest BCUT2D eigenvalue weighted by molar-refractivity contribution is 0.120. The number of hydrogen-bond donors (Lipinski definition) is 0. The fraction of sp³-hybridized carbons (Fsp3) is 0.632. The van der Waals surface area contributed by atoms with Gasteiger partial charge in [0.05, 0.1) is 28.4 Å². The second kappa shape index (κ2) is 35.7. The Morgan fingerprint density at radius 1 is 0.285 bits per heavy atom. The van der Waals surface area contributed by atoms with Gasteiger partial charge < -0.3 is 37.2 Å². The highest BCUT2D eigenvalue weighted by atomic mass is 28.3. The van der Waals surface area contributed by atoms with Gasteiger partial charge in [-0.2, -0.15) is 0 Å². The molecule has 0 heterocycles. The quantitative estimate of drug-likeness (QED) is 0.108. The molecule has 4 fully saturated rings. The van der Waals surface area contributed by atoms with Crippen LogP contribution in [0.15, 0.2) is 174 Å². The van der Waals surface area contributed by atoms with Gasteiger partial charge in [-0.15, -0.1) is 0 Å². The third-order valence-corrected chi connectivity index (χ3v) is 56.6. The Kier molecular flexibility index (Phi) is 27.8. The van der Waals surface area contributed by atoms with Gasteiger partial charge in [-0.3, -0.25) is 0 Å². The number of fused-ring (bicyclic) bond motifs is 16. The minimum Gasteiger partial charge on any atom is -0.497 e. The van der Waals surface area contributed by atoms with E-state index in [-0.39, 0.29) is 66.0 Å². The third-order valence-electron chi connectivity index (χ3n) is 36.6. The third kappa shape index (κ3) is 18.5. The average molecular weight is 1930 g/mol. The van der Waals surface area contributed by atoms with Crippen LogP contribution in [-0.2, 0) is 21.7 Å². The lowest BCUT2D eigenvalue weighted by atomic mass is 9.73. The first kappa shape index (κ1) is 107. The molecule has 0 bridgehead atoms. The van der Waals surface area contributed by atoms with E-state index >= 15 is 0 Å². The van der Waals surface area contributed by atoms with E-state index in [1.807, 2.05) is 0 Å². The highest BCUT2D eigenvalue weighted by Gasteiger charge is 2.63. The Hall–Kier alpha value is -6.07. The smallest absolute Gasteiger partial charge is 0.127 e. The molecule has 17 rings (SSSR count). The van der Waals surface area contributed by atoms with Crippen molar-refractivity contribution in [1.29, 1.82) is 0 Å². The van der Waals surface area contributed by atoms with Gasteiger partial charge in [-0.25, -0.2) is 0 Å². The van der Waals surface area contributed by atoms with E-state index < -0.39 is 32.9 Å². The fourth-order valence-electron chi connectivity index (χ4n) is 35.1. The Bertz CT molecular complexity index is 5600. The summed E-state index contributed by atoms with van der Waals surface area (Å²) in [6.45, 7) is 106. The first-order valence-electron chi connectivity index (χ1n) is 53.4. The van der Waals surface area contributed by atoms with Gasteiger partial charge in [0.2, 0.25) is 0 Å². The molecule has 0 N–H and O–H groups in total. The summed E-state index contributed by atoms with van der Waals surface area (Å²) in [7, 11) is -0.151.